The molecule has 156 valence electrons. The second-order valence-electron chi connectivity index (χ2n) is 6.60. The number of nitrogens with zero attached hydrogens (tertiary/aromatic N) is 2. The number of para-hydroxylation sites is 1. The summed E-state index contributed by atoms with van der Waals surface area (Å²) in [5, 5.41) is 6.52. The van der Waals surface area contributed by atoms with Crippen molar-refractivity contribution in [2.45, 2.75) is 18.2 Å². The smallest absolute Gasteiger partial charge is 0.275 e. The van der Waals surface area contributed by atoms with Gasteiger partial charge < -0.3 is 5.32 Å². The van der Waals surface area contributed by atoms with E-state index in [0.29, 0.717) is 5.69 Å². The van der Waals surface area contributed by atoms with Gasteiger partial charge in [0.25, 0.3) is 5.91 Å². The fourth-order valence-electron chi connectivity index (χ4n) is 2.87. The number of sulfone groups is 1. The van der Waals surface area contributed by atoms with Crippen molar-refractivity contribution in [1.29, 1.82) is 0 Å². The van der Waals surface area contributed by atoms with Crippen LogP contribution >= 0.6 is 0 Å². The lowest BCUT2D eigenvalue weighted by Gasteiger charge is -2.12. The van der Waals surface area contributed by atoms with E-state index < -0.39 is 32.7 Å². The maximum absolute atomic E-state index is 14.1. The summed E-state index contributed by atoms with van der Waals surface area (Å²) in [6.45, 7) is 1.62. The first-order valence-electron chi connectivity index (χ1n) is 9.21. The SMILES string of the molecule is Cc1cc(=O)c(C(=O)NCCCS(=O)(=O)c2ccccc2)nn1-c1ccccc1F. The Bertz CT molecular complexity index is 1220. The fraction of sp³-hybridized carbons (Fsp3) is 0.190. The van der Waals surface area contributed by atoms with Gasteiger partial charge in [-0.3, -0.25) is 9.59 Å². The zero-order valence-electron chi connectivity index (χ0n) is 16.2. The van der Waals surface area contributed by atoms with Crippen LogP contribution in [0.1, 0.15) is 22.6 Å². The molecular formula is C21H20FN3O4S. The molecule has 0 unspecified atom stereocenters. The summed E-state index contributed by atoms with van der Waals surface area (Å²) in [4.78, 5) is 24.8. The molecule has 0 aliphatic heterocycles. The number of aromatic nitrogens is 2. The Labute approximate surface area is 173 Å². The third-order valence-electron chi connectivity index (χ3n) is 4.38. The first-order chi connectivity index (χ1) is 14.3. The second kappa shape index (κ2) is 9.00. The first kappa shape index (κ1) is 21.4. The van der Waals surface area contributed by atoms with Gasteiger partial charge in [0.1, 0.15) is 11.5 Å². The molecule has 0 fully saturated rings. The summed E-state index contributed by atoms with van der Waals surface area (Å²) in [5.41, 5.74) is -0.516. The molecule has 0 saturated carbocycles. The molecule has 2 aromatic carbocycles. The van der Waals surface area contributed by atoms with Gasteiger partial charge in [-0.15, -0.1) is 0 Å². The quantitative estimate of drug-likeness (QED) is 0.581. The molecule has 3 aromatic rings. The molecule has 0 radical (unpaired) electrons. The van der Waals surface area contributed by atoms with E-state index in [4.69, 9.17) is 0 Å². The van der Waals surface area contributed by atoms with Gasteiger partial charge in [0, 0.05) is 18.3 Å². The predicted molar refractivity (Wildman–Crippen MR) is 110 cm³/mol. The van der Waals surface area contributed by atoms with E-state index >= 15 is 0 Å². The highest BCUT2D eigenvalue weighted by molar-refractivity contribution is 7.91. The number of carbonyl (C=O) groups excluding carboxylic acids is 1. The number of rotatable bonds is 7. The predicted octanol–water partition coefficient (Wildman–Crippen LogP) is 2.27. The summed E-state index contributed by atoms with van der Waals surface area (Å²) < 4.78 is 39.8. The average molecular weight is 429 g/mol. The van der Waals surface area contributed by atoms with E-state index in [1.165, 1.54) is 41.1 Å². The van der Waals surface area contributed by atoms with Crippen molar-refractivity contribution in [2.24, 2.45) is 0 Å². The number of benzene rings is 2. The molecule has 1 aromatic heterocycles. The van der Waals surface area contributed by atoms with E-state index in [1.54, 1.807) is 31.2 Å². The van der Waals surface area contributed by atoms with Crippen molar-refractivity contribution >= 4 is 15.7 Å². The number of aryl methyl sites for hydroxylation is 1. The van der Waals surface area contributed by atoms with Crippen LogP contribution < -0.4 is 10.7 Å². The minimum Gasteiger partial charge on any atom is -0.350 e. The number of hydrogen-bond acceptors (Lipinski definition) is 5. The molecule has 0 aliphatic rings. The Balaban J connectivity index is 1.70. The van der Waals surface area contributed by atoms with Gasteiger partial charge in [-0.2, -0.15) is 5.10 Å². The van der Waals surface area contributed by atoms with Gasteiger partial charge >= 0.3 is 0 Å². The van der Waals surface area contributed by atoms with Gasteiger partial charge in [-0.25, -0.2) is 17.5 Å². The Morgan fingerprint density at radius 2 is 1.77 bits per heavy atom. The Hall–Kier alpha value is -3.33. The maximum Gasteiger partial charge on any atom is 0.275 e. The normalized spacial score (nSPS) is 11.3. The van der Waals surface area contributed by atoms with Crippen LogP contribution in [0.25, 0.3) is 5.69 Å². The van der Waals surface area contributed by atoms with Crippen molar-refractivity contribution < 1.29 is 17.6 Å². The van der Waals surface area contributed by atoms with Gasteiger partial charge in [-0.05, 0) is 37.6 Å². The van der Waals surface area contributed by atoms with Crippen molar-refractivity contribution in [3.05, 3.63) is 88.1 Å². The maximum atomic E-state index is 14.1. The van der Waals surface area contributed by atoms with Crippen LogP contribution in [0.2, 0.25) is 0 Å². The van der Waals surface area contributed by atoms with Crippen LogP contribution in [0.5, 0.6) is 0 Å². The Kier molecular flexibility index (Phi) is 6.41. The molecule has 0 aliphatic carbocycles. The zero-order chi connectivity index (χ0) is 21.7. The Morgan fingerprint density at radius 3 is 2.47 bits per heavy atom. The van der Waals surface area contributed by atoms with Gasteiger partial charge in [0.2, 0.25) is 5.43 Å². The van der Waals surface area contributed by atoms with Gasteiger partial charge in [0.15, 0.2) is 15.5 Å². The summed E-state index contributed by atoms with van der Waals surface area (Å²) in [5.74, 6) is -1.45. The van der Waals surface area contributed by atoms with E-state index in [1.807, 2.05) is 0 Å². The number of halogens is 1. The number of carbonyl (C=O) groups is 1. The molecule has 1 heterocycles. The monoisotopic (exact) mass is 429 g/mol. The highest BCUT2D eigenvalue weighted by Crippen LogP contribution is 2.13. The molecule has 9 heteroatoms. The van der Waals surface area contributed by atoms with E-state index in [0.717, 1.165) is 0 Å². The van der Waals surface area contributed by atoms with Gasteiger partial charge in [-0.1, -0.05) is 30.3 Å². The lowest BCUT2D eigenvalue weighted by Crippen LogP contribution is -2.33. The molecule has 7 nitrogen and oxygen atoms in total. The molecule has 0 spiro atoms. The van der Waals surface area contributed by atoms with E-state index in [-0.39, 0.29) is 29.3 Å². The fourth-order valence-corrected chi connectivity index (χ4v) is 4.20. The largest absolute Gasteiger partial charge is 0.350 e. The third kappa shape index (κ3) is 4.80. The van der Waals surface area contributed by atoms with Crippen LogP contribution in [0.3, 0.4) is 0 Å². The molecule has 3 rings (SSSR count). The standard InChI is InChI=1S/C21H20FN3O4S/c1-15-14-19(26)20(24-25(15)18-11-6-5-10-17(18)22)21(27)23-12-7-13-30(28,29)16-8-3-2-4-9-16/h2-6,8-11,14H,7,12-13H2,1H3,(H,23,27). The molecular weight excluding hydrogens is 409 g/mol. The molecule has 0 atom stereocenters. The van der Waals surface area contributed by atoms with Crippen LogP contribution in [0, 0.1) is 12.7 Å². The highest BCUT2D eigenvalue weighted by Gasteiger charge is 2.17. The summed E-state index contributed by atoms with van der Waals surface area (Å²) in [6.07, 6.45) is 0.163. The highest BCUT2D eigenvalue weighted by atomic mass is 32.2. The number of hydrogen-bond donors (Lipinski definition) is 1. The van der Waals surface area contributed by atoms with E-state index in [2.05, 4.69) is 10.4 Å². The number of nitrogens with one attached hydrogen (secondary N) is 1. The lowest BCUT2D eigenvalue weighted by molar-refractivity contribution is 0.0945. The van der Waals surface area contributed by atoms with Gasteiger partial charge in [0.05, 0.1) is 10.6 Å². The van der Waals surface area contributed by atoms with Crippen molar-refractivity contribution in [1.82, 2.24) is 15.1 Å². The second-order valence-corrected chi connectivity index (χ2v) is 8.71. The van der Waals surface area contributed by atoms with Crippen LogP contribution in [-0.4, -0.2) is 36.4 Å². The van der Waals surface area contributed by atoms with Crippen molar-refractivity contribution in [2.75, 3.05) is 12.3 Å². The molecule has 0 bridgehead atoms. The van der Waals surface area contributed by atoms with E-state index in [9.17, 15) is 22.4 Å². The van der Waals surface area contributed by atoms with Crippen LogP contribution in [-0.2, 0) is 9.84 Å². The molecule has 1 N–H and O–H groups in total. The molecule has 1 amide bonds. The number of amides is 1. The summed E-state index contributed by atoms with van der Waals surface area (Å²) >= 11 is 0. The Morgan fingerprint density at radius 1 is 1.10 bits per heavy atom. The minimum absolute atomic E-state index is 0.0413. The summed E-state index contributed by atoms with van der Waals surface area (Å²) in [6, 6.07) is 15.1. The van der Waals surface area contributed by atoms with Crippen molar-refractivity contribution in [3.8, 4) is 5.69 Å². The minimum atomic E-state index is -3.46. The lowest BCUT2D eigenvalue weighted by atomic mass is 10.2. The average Bonchev–Trinajstić information content (AvgIpc) is 2.72. The molecule has 0 saturated heterocycles. The third-order valence-corrected chi connectivity index (χ3v) is 6.20. The zero-order valence-corrected chi connectivity index (χ0v) is 17.0. The first-order valence-corrected chi connectivity index (χ1v) is 10.9. The van der Waals surface area contributed by atoms with Crippen molar-refractivity contribution in [3.63, 3.8) is 0 Å². The van der Waals surface area contributed by atoms with Crippen LogP contribution in [0.4, 0.5) is 4.39 Å². The summed E-state index contributed by atoms with van der Waals surface area (Å²) in [7, 11) is -3.46. The van der Waals surface area contributed by atoms with Crippen LogP contribution in [0.15, 0.2) is 70.4 Å². The molecule has 30 heavy (non-hydrogen) atoms. The topological polar surface area (TPSA) is 98.1 Å².